The Bertz CT molecular complexity index is 999. The van der Waals surface area contributed by atoms with Gasteiger partial charge in [0.1, 0.15) is 0 Å². The van der Waals surface area contributed by atoms with Gasteiger partial charge in [0.2, 0.25) is 5.91 Å². The maximum Gasteiger partial charge on any atom is 0.220 e. The molecular formula is C29H39N3OS. The molecule has 0 spiro atoms. The average molecular weight is 478 g/mol. The summed E-state index contributed by atoms with van der Waals surface area (Å²) in [6.45, 7) is 7.29. The number of nitrogens with zero attached hydrogens (tertiary/aromatic N) is 2. The van der Waals surface area contributed by atoms with Crippen molar-refractivity contribution in [2.24, 2.45) is 0 Å². The van der Waals surface area contributed by atoms with Crippen LogP contribution in [0.15, 0.2) is 65.8 Å². The second-order valence-corrected chi connectivity index (χ2v) is 10.1. The predicted molar refractivity (Wildman–Crippen MR) is 145 cm³/mol. The molecule has 3 rings (SSSR count). The molecule has 0 radical (unpaired) electrons. The quantitative estimate of drug-likeness (QED) is 0.191. The third-order valence-corrected chi connectivity index (χ3v) is 6.86. The molecule has 1 N–H and O–H groups in total. The zero-order valence-corrected chi connectivity index (χ0v) is 21.7. The Hall–Kier alpha value is -2.53. The van der Waals surface area contributed by atoms with E-state index in [9.17, 15) is 4.79 Å². The normalized spacial score (nSPS) is 11.2. The van der Waals surface area contributed by atoms with Crippen LogP contribution in [0.2, 0.25) is 0 Å². The fourth-order valence-corrected chi connectivity index (χ4v) is 5.13. The molecule has 0 aliphatic carbocycles. The van der Waals surface area contributed by atoms with Crippen molar-refractivity contribution in [2.45, 2.75) is 76.9 Å². The number of nitrogens with one attached hydrogen (secondary N) is 1. The monoisotopic (exact) mass is 477 g/mol. The summed E-state index contributed by atoms with van der Waals surface area (Å²) in [5.41, 5.74) is 4.45. The average Bonchev–Trinajstić information content (AvgIpc) is 3.25. The molecule has 3 aromatic rings. The lowest BCUT2D eigenvalue weighted by Crippen LogP contribution is -2.25. The van der Waals surface area contributed by atoms with E-state index in [2.05, 4.69) is 79.2 Å². The van der Waals surface area contributed by atoms with Crippen LogP contribution < -0.4 is 5.32 Å². The van der Waals surface area contributed by atoms with E-state index in [1.54, 1.807) is 11.8 Å². The smallest absolute Gasteiger partial charge is 0.220 e. The Labute approximate surface area is 209 Å². The first kappa shape index (κ1) is 26.1. The number of unbranched alkanes of at least 4 members (excludes halogenated alkanes) is 5. The molecule has 0 saturated heterocycles. The molecule has 0 fully saturated rings. The Morgan fingerprint density at radius 1 is 0.912 bits per heavy atom. The first-order valence-electron chi connectivity index (χ1n) is 12.7. The van der Waals surface area contributed by atoms with Gasteiger partial charge in [-0.25, -0.2) is 4.98 Å². The molecule has 1 amide bonds. The van der Waals surface area contributed by atoms with Crippen LogP contribution in [0.25, 0.3) is 22.5 Å². The number of benzene rings is 2. The third kappa shape index (κ3) is 7.49. The maximum absolute atomic E-state index is 12.2. The van der Waals surface area contributed by atoms with Crippen molar-refractivity contribution in [3.63, 3.8) is 0 Å². The Balaban J connectivity index is 1.66. The standard InChI is InChI=1S/C29H39N3OS/c1-4-5-6-7-8-15-20-26(33)30-21-22-34-29-31-27(24-16-11-9-12-17-24)28(32(29)23(2)3)25-18-13-10-14-19-25/h9-14,16-19,23H,4-8,15,20-22H2,1-3H3,(H,30,33). The van der Waals surface area contributed by atoms with E-state index < -0.39 is 0 Å². The number of rotatable bonds is 14. The van der Waals surface area contributed by atoms with E-state index in [4.69, 9.17) is 4.98 Å². The van der Waals surface area contributed by atoms with Gasteiger partial charge in [0.05, 0.1) is 11.4 Å². The number of thioether (sulfide) groups is 1. The summed E-state index contributed by atoms with van der Waals surface area (Å²) in [5.74, 6) is 0.965. The number of carbonyl (C=O) groups is 1. The van der Waals surface area contributed by atoms with Gasteiger partial charge in [-0.05, 0) is 20.3 Å². The molecule has 0 aliphatic rings. The van der Waals surface area contributed by atoms with Gasteiger partial charge in [0.25, 0.3) is 0 Å². The van der Waals surface area contributed by atoms with Crippen LogP contribution in [0.5, 0.6) is 0 Å². The van der Waals surface area contributed by atoms with E-state index in [0.717, 1.165) is 40.7 Å². The minimum Gasteiger partial charge on any atom is -0.355 e. The molecule has 0 unspecified atom stereocenters. The highest BCUT2D eigenvalue weighted by atomic mass is 32.2. The summed E-state index contributed by atoms with van der Waals surface area (Å²) < 4.78 is 2.33. The van der Waals surface area contributed by atoms with E-state index >= 15 is 0 Å². The van der Waals surface area contributed by atoms with Gasteiger partial charge in [-0.15, -0.1) is 0 Å². The van der Waals surface area contributed by atoms with Crippen LogP contribution in [-0.2, 0) is 4.79 Å². The fraction of sp³-hybridized carbons (Fsp3) is 0.448. The lowest BCUT2D eigenvalue weighted by atomic mass is 10.0. The Kier molecular flexibility index (Phi) is 10.7. The lowest BCUT2D eigenvalue weighted by Gasteiger charge is -2.16. The van der Waals surface area contributed by atoms with Crippen LogP contribution in [0.1, 0.15) is 71.8 Å². The lowest BCUT2D eigenvalue weighted by molar-refractivity contribution is -0.121. The molecule has 0 bridgehead atoms. The summed E-state index contributed by atoms with van der Waals surface area (Å²) in [7, 11) is 0. The van der Waals surface area contributed by atoms with Crippen LogP contribution in [0.3, 0.4) is 0 Å². The SMILES string of the molecule is CCCCCCCCC(=O)NCCSc1nc(-c2ccccc2)c(-c2ccccc2)n1C(C)C. The fourth-order valence-electron chi connectivity index (χ4n) is 4.15. The van der Waals surface area contributed by atoms with Gasteiger partial charge in [0, 0.05) is 35.9 Å². The van der Waals surface area contributed by atoms with Gasteiger partial charge in [-0.3, -0.25) is 4.79 Å². The van der Waals surface area contributed by atoms with Crippen molar-refractivity contribution in [1.82, 2.24) is 14.9 Å². The molecule has 2 aromatic carbocycles. The van der Waals surface area contributed by atoms with Gasteiger partial charge < -0.3 is 9.88 Å². The molecular weight excluding hydrogens is 438 g/mol. The molecule has 0 saturated carbocycles. The van der Waals surface area contributed by atoms with Crippen molar-refractivity contribution >= 4 is 17.7 Å². The Morgan fingerprint density at radius 2 is 1.53 bits per heavy atom. The molecule has 1 aromatic heterocycles. The zero-order chi connectivity index (χ0) is 24.2. The van der Waals surface area contributed by atoms with Gasteiger partial charge in [0.15, 0.2) is 5.16 Å². The molecule has 4 nitrogen and oxygen atoms in total. The number of hydrogen-bond donors (Lipinski definition) is 1. The minimum absolute atomic E-state index is 0.165. The highest BCUT2D eigenvalue weighted by Crippen LogP contribution is 2.37. The molecule has 1 heterocycles. The summed E-state index contributed by atoms with van der Waals surface area (Å²) in [6.07, 6.45) is 7.85. The number of imidazole rings is 1. The van der Waals surface area contributed by atoms with E-state index in [0.29, 0.717) is 13.0 Å². The molecule has 34 heavy (non-hydrogen) atoms. The number of aromatic nitrogens is 2. The first-order valence-corrected chi connectivity index (χ1v) is 13.7. The van der Waals surface area contributed by atoms with Crippen molar-refractivity contribution in [1.29, 1.82) is 0 Å². The maximum atomic E-state index is 12.2. The Morgan fingerprint density at radius 3 is 2.18 bits per heavy atom. The van der Waals surface area contributed by atoms with Crippen LogP contribution in [0.4, 0.5) is 0 Å². The molecule has 0 atom stereocenters. The van der Waals surface area contributed by atoms with E-state index in [-0.39, 0.29) is 11.9 Å². The zero-order valence-electron chi connectivity index (χ0n) is 20.9. The number of hydrogen-bond acceptors (Lipinski definition) is 3. The van der Waals surface area contributed by atoms with Crippen LogP contribution in [0, 0.1) is 0 Å². The molecule has 5 heteroatoms. The van der Waals surface area contributed by atoms with Crippen molar-refractivity contribution in [3.8, 4) is 22.5 Å². The van der Waals surface area contributed by atoms with Crippen molar-refractivity contribution < 1.29 is 4.79 Å². The van der Waals surface area contributed by atoms with Crippen molar-refractivity contribution in [3.05, 3.63) is 60.7 Å². The van der Waals surface area contributed by atoms with Crippen LogP contribution >= 0.6 is 11.8 Å². The van der Waals surface area contributed by atoms with Gasteiger partial charge in [-0.2, -0.15) is 0 Å². The summed E-state index contributed by atoms with van der Waals surface area (Å²) >= 11 is 1.72. The second kappa shape index (κ2) is 14.0. The minimum atomic E-state index is 0.165. The predicted octanol–water partition coefficient (Wildman–Crippen LogP) is 7.76. The third-order valence-electron chi connectivity index (χ3n) is 5.90. The summed E-state index contributed by atoms with van der Waals surface area (Å²) in [5, 5.41) is 4.09. The number of amides is 1. The topological polar surface area (TPSA) is 46.9 Å². The summed E-state index contributed by atoms with van der Waals surface area (Å²) in [6, 6.07) is 21.2. The molecule has 182 valence electrons. The largest absolute Gasteiger partial charge is 0.355 e. The van der Waals surface area contributed by atoms with E-state index in [1.165, 1.54) is 31.2 Å². The summed E-state index contributed by atoms with van der Waals surface area (Å²) in [4.78, 5) is 17.3. The number of carbonyl (C=O) groups excluding carboxylic acids is 1. The van der Waals surface area contributed by atoms with E-state index in [1.807, 2.05) is 12.1 Å². The van der Waals surface area contributed by atoms with Crippen LogP contribution in [-0.4, -0.2) is 27.8 Å². The second-order valence-electron chi connectivity index (χ2n) is 9.00. The van der Waals surface area contributed by atoms with Gasteiger partial charge >= 0.3 is 0 Å². The first-order chi connectivity index (χ1) is 16.6. The van der Waals surface area contributed by atoms with Gasteiger partial charge in [-0.1, -0.05) is 111 Å². The highest BCUT2D eigenvalue weighted by molar-refractivity contribution is 7.99. The van der Waals surface area contributed by atoms with Crippen molar-refractivity contribution in [2.75, 3.05) is 12.3 Å². The molecule has 0 aliphatic heterocycles. The highest BCUT2D eigenvalue weighted by Gasteiger charge is 2.21.